The molecule has 0 radical (unpaired) electrons. The van der Waals surface area contributed by atoms with Crippen LogP contribution in [0.4, 0.5) is 13.2 Å². The lowest BCUT2D eigenvalue weighted by Crippen LogP contribution is -2.36. The molecule has 0 aliphatic heterocycles. The highest BCUT2D eigenvalue weighted by Gasteiger charge is 2.32. The smallest absolute Gasteiger partial charge is 0.313 e. The van der Waals surface area contributed by atoms with E-state index in [4.69, 9.17) is 0 Å². The fourth-order valence-corrected chi connectivity index (χ4v) is 2.22. The van der Waals surface area contributed by atoms with Crippen LogP contribution in [0, 0.1) is 0 Å². The van der Waals surface area contributed by atoms with E-state index in [0.717, 1.165) is 24.2 Å². The molecule has 0 amide bonds. The van der Waals surface area contributed by atoms with E-state index in [1.165, 1.54) is 0 Å². The highest BCUT2D eigenvalue weighted by molar-refractivity contribution is 5.12. The van der Waals surface area contributed by atoms with E-state index in [-0.39, 0.29) is 0 Å². The van der Waals surface area contributed by atoms with E-state index in [9.17, 15) is 13.2 Å². The molecule has 1 aromatic heterocycles. The van der Waals surface area contributed by atoms with Crippen molar-refractivity contribution >= 4 is 0 Å². The Labute approximate surface area is 118 Å². The van der Waals surface area contributed by atoms with Crippen LogP contribution < -0.4 is 5.32 Å². The second kappa shape index (κ2) is 7.67. The first-order valence-electron chi connectivity index (χ1n) is 7.25. The SMILES string of the molecule is CCCNC(Cc1cc(CC)nn1CC)CC(F)(F)F. The van der Waals surface area contributed by atoms with Crippen LogP contribution in [0.15, 0.2) is 6.07 Å². The van der Waals surface area contributed by atoms with Gasteiger partial charge in [0.15, 0.2) is 0 Å². The molecule has 0 saturated carbocycles. The molecule has 6 heteroatoms. The summed E-state index contributed by atoms with van der Waals surface area (Å²) in [5.74, 6) is 0. The standard InChI is InChI=1S/C14H24F3N3/c1-4-7-18-12(10-14(15,16)17)9-13-8-11(5-2)19-20(13)6-3/h8,12,18H,4-7,9-10H2,1-3H3. The molecule has 116 valence electrons. The molecule has 1 rings (SSSR count). The third-order valence-corrected chi connectivity index (χ3v) is 3.19. The summed E-state index contributed by atoms with van der Waals surface area (Å²) in [6.07, 6.45) is -2.96. The van der Waals surface area contributed by atoms with Crippen LogP contribution in [0.3, 0.4) is 0 Å². The van der Waals surface area contributed by atoms with Crippen LogP contribution in [0.1, 0.15) is 45.0 Å². The molecule has 0 fully saturated rings. The molecule has 1 atom stereocenters. The van der Waals surface area contributed by atoms with Crippen molar-refractivity contribution in [2.24, 2.45) is 0 Å². The molecule has 1 aromatic rings. The van der Waals surface area contributed by atoms with Gasteiger partial charge < -0.3 is 5.32 Å². The van der Waals surface area contributed by atoms with Gasteiger partial charge in [-0.25, -0.2) is 0 Å². The molecular weight excluding hydrogens is 267 g/mol. The molecule has 1 heterocycles. The third-order valence-electron chi connectivity index (χ3n) is 3.19. The van der Waals surface area contributed by atoms with Gasteiger partial charge in [0.1, 0.15) is 0 Å². The Morgan fingerprint density at radius 2 is 2.00 bits per heavy atom. The summed E-state index contributed by atoms with van der Waals surface area (Å²) >= 11 is 0. The zero-order chi connectivity index (χ0) is 15.2. The number of aryl methyl sites for hydroxylation is 2. The molecule has 20 heavy (non-hydrogen) atoms. The van der Waals surface area contributed by atoms with Crippen LogP contribution in [-0.4, -0.2) is 28.5 Å². The zero-order valence-corrected chi connectivity index (χ0v) is 12.4. The van der Waals surface area contributed by atoms with Gasteiger partial charge in [-0.1, -0.05) is 13.8 Å². The molecule has 1 unspecified atom stereocenters. The number of halogens is 3. The predicted molar refractivity (Wildman–Crippen MR) is 73.7 cm³/mol. The topological polar surface area (TPSA) is 29.9 Å². The number of nitrogens with zero attached hydrogens (tertiary/aromatic N) is 2. The lowest BCUT2D eigenvalue weighted by molar-refractivity contribution is -0.140. The van der Waals surface area contributed by atoms with Crippen LogP contribution in [0.25, 0.3) is 0 Å². The van der Waals surface area contributed by atoms with E-state index in [1.807, 2.05) is 26.8 Å². The Bertz CT molecular complexity index is 399. The monoisotopic (exact) mass is 291 g/mol. The summed E-state index contributed by atoms with van der Waals surface area (Å²) in [5.41, 5.74) is 1.81. The fourth-order valence-electron chi connectivity index (χ4n) is 2.22. The average Bonchev–Trinajstić information content (AvgIpc) is 2.76. The summed E-state index contributed by atoms with van der Waals surface area (Å²) in [6.45, 7) is 7.18. The molecule has 0 aliphatic rings. The molecule has 3 nitrogen and oxygen atoms in total. The Morgan fingerprint density at radius 3 is 2.50 bits per heavy atom. The summed E-state index contributed by atoms with van der Waals surface area (Å²) < 4.78 is 39.7. The number of rotatable bonds is 8. The van der Waals surface area contributed by atoms with Crippen molar-refractivity contribution in [2.75, 3.05) is 6.54 Å². The molecule has 0 aromatic carbocycles. The fraction of sp³-hybridized carbons (Fsp3) is 0.786. The van der Waals surface area contributed by atoms with E-state index in [0.29, 0.717) is 19.5 Å². The quantitative estimate of drug-likeness (QED) is 0.796. The van der Waals surface area contributed by atoms with Crippen molar-refractivity contribution in [2.45, 2.75) is 65.2 Å². The maximum absolute atomic E-state index is 12.6. The predicted octanol–water partition coefficient (Wildman–Crippen LogP) is 3.33. The van der Waals surface area contributed by atoms with Crippen molar-refractivity contribution in [3.8, 4) is 0 Å². The Balaban J connectivity index is 2.79. The number of hydrogen-bond donors (Lipinski definition) is 1. The van der Waals surface area contributed by atoms with E-state index >= 15 is 0 Å². The molecule has 0 spiro atoms. The highest BCUT2D eigenvalue weighted by atomic mass is 19.4. The normalized spacial score (nSPS) is 13.7. The largest absolute Gasteiger partial charge is 0.390 e. The van der Waals surface area contributed by atoms with Crippen LogP contribution in [0.5, 0.6) is 0 Å². The van der Waals surface area contributed by atoms with Crippen LogP contribution in [0.2, 0.25) is 0 Å². The van der Waals surface area contributed by atoms with Crippen molar-refractivity contribution in [1.82, 2.24) is 15.1 Å². The first-order valence-corrected chi connectivity index (χ1v) is 7.25. The van der Waals surface area contributed by atoms with Gasteiger partial charge in [-0.05, 0) is 32.4 Å². The average molecular weight is 291 g/mol. The van der Waals surface area contributed by atoms with E-state index in [1.54, 1.807) is 4.68 Å². The summed E-state index contributed by atoms with van der Waals surface area (Å²) in [5, 5.41) is 7.38. The maximum Gasteiger partial charge on any atom is 0.390 e. The molecule has 0 saturated heterocycles. The van der Waals surface area contributed by atoms with Gasteiger partial charge in [0.05, 0.1) is 12.1 Å². The van der Waals surface area contributed by atoms with Gasteiger partial charge in [0.2, 0.25) is 0 Å². The van der Waals surface area contributed by atoms with Gasteiger partial charge in [0.25, 0.3) is 0 Å². The molecule has 1 N–H and O–H groups in total. The minimum atomic E-state index is -4.14. The van der Waals surface area contributed by atoms with E-state index < -0.39 is 18.6 Å². The van der Waals surface area contributed by atoms with Crippen molar-refractivity contribution in [3.63, 3.8) is 0 Å². The zero-order valence-electron chi connectivity index (χ0n) is 12.4. The second-order valence-electron chi connectivity index (χ2n) is 4.97. The maximum atomic E-state index is 12.6. The Hall–Kier alpha value is -1.04. The summed E-state index contributed by atoms with van der Waals surface area (Å²) in [6, 6.07) is 1.34. The number of aromatic nitrogens is 2. The minimum Gasteiger partial charge on any atom is -0.313 e. The first kappa shape index (κ1) is 17.0. The molecular formula is C14H24F3N3. The van der Waals surface area contributed by atoms with E-state index in [2.05, 4.69) is 10.4 Å². The summed E-state index contributed by atoms with van der Waals surface area (Å²) in [4.78, 5) is 0. The van der Waals surface area contributed by atoms with Crippen molar-refractivity contribution in [1.29, 1.82) is 0 Å². The van der Waals surface area contributed by atoms with Gasteiger partial charge in [-0.2, -0.15) is 18.3 Å². The van der Waals surface area contributed by atoms with Crippen LogP contribution >= 0.6 is 0 Å². The third kappa shape index (κ3) is 5.53. The summed E-state index contributed by atoms with van der Waals surface area (Å²) in [7, 11) is 0. The Kier molecular flexibility index (Phi) is 6.52. The Morgan fingerprint density at radius 1 is 1.30 bits per heavy atom. The van der Waals surface area contributed by atoms with Crippen LogP contribution in [-0.2, 0) is 19.4 Å². The van der Waals surface area contributed by atoms with Gasteiger partial charge >= 0.3 is 6.18 Å². The molecule has 0 aliphatic carbocycles. The molecule has 0 bridgehead atoms. The number of alkyl halides is 3. The minimum absolute atomic E-state index is 0.361. The number of hydrogen-bond acceptors (Lipinski definition) is 2. The highest BCUT2D eigenvalue weighted by Crippen LogP contribution is 2.23. The lowest BCUT2D eigenvalue weighted by atomic mass is 10.1. The lowest BCUT2D eigenvalue weighted by Gasteiger charge is -2.20. The first-order chi connectivity index (χ1) is 9.39. The van der Waals surface area contributed by atoms with Crippen molar-refractivity contribution in [3.05, 3.63) is 17.5 Å². The van der Waals surface area contributed by atoms with Gasteiger partial charge in [0, 0.05) is 24.7 Å². The van der Waals surface area contributed by atoms with Gasteiger partial charge in [-0.15, -0.1) is 0 Å². The van der Waals surface area contributed by atoms with Gasteiger partial charge in [-0.3, -0.25) is 4.68 Å². The number of nitrogens with one attached hydrogen (secondary N) is 1. The van der Waals surface area contributed by atoms with Crippen molar-refractivity contribution < 1.29 is 13.2 Å². The second-order valence-corrected chi connectivity index (χ2v) is 4.97.